The Balaban J connectivity index is 1.62. The molecule has 2 aromatic heterocycles. The summed E-state index contributed by atoms with van der Waals surface area (Å²) in [4.78, 5) is 30.6. The first-order valence-electron chi connectivity index (χ1n) is 9.16. The standard InChI is InChI=1S/C21H18BrN5O2S/c1-13-7-8-17(14(2)11-13)30-20-19-25-27(21(29)26(19)10-9-23-20)12-18(28)24-16-6-4-3-5-15(16)22/h3-11H,12H2,1-2H3,(H,24,28). The Morgan fingerprint density at radius 1 is 1.20 bits per heavy atom. The van der Waals surface area contributed by atoms with Crippen LogP contribution >= 0.6 is 27.7 Å². The van der Waals surface area contributed by atoms with Crippen LogP contribution in [0.25, 0.3) is 5.65 Å². The number of aromatic nitrogens is 4. The Kier molecular flexibility index (Phi) is 5.74. The zero-order valence-electron chi connectivity index (χ0n) is 16.3. The van der Waals surface area contributed by atoms with Crippen molar-refractivity contribution < 1.29 is 4.79 Å². The van der Waals surface area contributed by atoms with E-state index in [4.69, 9.17) is 0 Å². The van der Waals surface area contributed by atoms with Crippen molar-refractivity contribution in [2.24, 2.45) is 0 Å². The molecule has 7 nitrogen and oxygen atoms in total. The smallest absolute Gasteiger partial charge is 0.323 e. The molecule has 0 saturated carbocycles. The third-order valence-electron chi connectivity index (χ3n) is 4.45. The van der Waals surface area contributed by atoms with E-state index >= 15 is 0 Å². The van der Waals surface area contributed by atoms with Gasteiger partial charge in [-0.2, -0.15) is 0 Å². The summed E-state index contributed by atoms with van der Waals surface area (Å²) >= 11 is 4.83. The average molecular weight is 484 g/mol. The molecule has 30 heavy (non-hydrogen) atoms. The summed E-state index contributed by atoms with van der Waals surface area (Å²) in [5, 5.41) is 7.76. The van der Waals surface area contributed by atoms with E-state index in [9.17, 15) is 9.59 Å². The molecule has 0 radical (unpaired) electrons. The number of benzene rings is 2. The lowest BCUT2D eigenvalue weighted by molar-refractivity contribution is -0.117. The highest BCUT2D eigenvalue weighted by Crippen LogP contribution is 2.31. The molecule has 1 N–H and O–H groups in total. The van der Waals surface area contributed by atoms with Gasteiger partial charge >= 0.3 is 5.69 Å². The Morgan fingerprint density at radius 3 is 2.77 bits per heavy atom. The predicted molar refractivity (Wildman–Crippen MR) is 120 cm³/mol. The molecular weight excluding hydrogens is 466 g/mol. The van der Waals surface area contributed by atoms with Gasteiger partial charge in [0, 0.05) is 21.8 Å². The number of aryl methyl sites for hydroxylation is 2. The Morgan fingerprint density at radius 2 is 2.00 bits per heavy atom. The minimum Gasteiger partial charge on any atom is -0.323 e. The van der Waals surface area contributed by atoms with Crippen molar-refractivity contribution in [2.75, 3.05) is 5.32 Å². The molecule has 0 saturated heterocycles. The molecule has 1 amide bonds. The number of para-hydroxylation sites is 1. The second kappa shape index (κ2) is 8.45. The zero-order chi connectivity index (χ0) is 21.3. The molecule has 4 rings (SSSR count). The maximum absolute atomic E-state index is 12.7. The zero-order valence-corrected chi connectivity index (χ0v) is 18.7. The number of carbonyl (C=O) groups is 1. The van der Waals surface area contributed by atoms with E-state index in [1.54, 1.807) is 18.5 Å². The number of nitrogens with zero attached hydrogens (tertiary/aromatic N) is 4. The van der Waals surface area contributed by atoms with Gasteiger partial charge in [-0.25, -0.2) is 18.9 Å². The lowest BCUT2D eigenvalue weighted by atomic mass is 10.2. The molecule has 0 bridgehead atoms. The summed E-state index contributed by atoms with van der Waals surface area (Å²) < 4.78 is 3.32. The normalized spacial score (nSPS) is 11.0. The molecule has 152 valence electrons. The lowest BCUT2D eigenvalue weighted by Gasteiger charge is -2.06. The average Bonchev–Trinajstić information content (AvgIpc) is 3.02. The number of nitrogens with one attached hydrogen (secondary N) is 1. The highest BCUT2D eigenvalue weighted by Gasteiger charge is 2.16. The Bertz CT molecular complexity index is 1310. The second-order valence-corrected chi connectivity index (χ2v) is 8.65. The molecule has 0 unspecified atom stereocenters. The number of hydrogen-bond acceptors (Lipinski definition) is 5. The van der Waals surface area contributed by atoms with Crippen molar-refractivity contribution in [3.63, 3.8) is 0 Å². The van der Waals surface area contributed by atoms with Crippen LogP contribution in [-0.2, 0) is 11.3 Å². The van der Waals surface area contributed by atoms with Gasteiger partial charge in [0.05, 0.1) is 5.69 Å². The SMILES string of the molecule is Cc1ccc(Sc2nccn3c(=O)n(CC(=O)Nc4ccccc4Br)nc23)c(C)c1. The van der Waals surface area contributed by atoms with Crippen LogP contribution in [0.5, 0.6) is 0 Å². The van der Waals surface area contributed by atoms with Crippen LogP contribution in [0.4, 0.5) is 5.69 Å². The highest BCUT2D eigenvalue weighted by atomic mass is 79.9. The molecule has 2 heterocycles. The Labute approximate surface area is 185 Å². The third kappa shape index (κ3) is 4.17. The molecule has 0 fully saturated rings. The van der Waals surface area contributed by atoms with E-state index in [-0.39, 0.29) is 12.5 Å². The fourth-order valence-corrected chi connectivity index (χ4v) is 4.30. The predicted octanol–water partition coefficient (Wildman–Crippen LogP) is 4.06. The van der Waals surface area contributed by atoms with E-state index in [2.05, 4.69) is 37.4 Å². The summed E-state index contributed by atoms with van der Waals surface area (Å²) in [6.07, 6.45) is 3.12. The van der Waals surface area contributed by atoms with E-state index in [1.807, 2.05) is 44.2 Å². The number of halogens is 1. The van der Waals surface area contributed by atoms with Gasteiger partial charge < -0.3 is 5.32 Å². The molecule has 0 spiro atoms. The summed E-state index contributed by atoms with van der Waals surface area (Å²) in [5.74, 6) is -0.344. The van der Waals surface area contributed by atoms with Crippen molar-refractivity contribution in [1.29, 1.82) is 0 Å². The summed E-state index contributed by atoms with van der Waals surface area (Å²) in [6.45, 7) is 3.88. The molecule has 0 aliphatic heterocycles. The first-order valence-corrected chi connectivity index (χ1v) is 10.8. The van der Waals surface area contributed by atoms with Crippen LogP contribution in [0.3, 0.4) is 0 Å². The quantitative estimate of drug-likeness (QED) is 0.462. The van der Waals surface area contributed by atoms with Gasteiger partial charge in [-0.3, -0.25) is 4.79 Å². The topological polar surface area (TPSA) is 81.3 Å². The van der Waals surface area contributed by atoms with Crippen LogP contribution in [0.15, 0.2) is 74.0 Å². The van der Waals surface area contributed by atoms with Crippen molar-refractivity contribution in [1.82, 2.24) is 19.2 Å². The molecule has 2 aromatic carbocycles. The van der Waals surface area contributed by atoms with Gasteiger partial charge in [-0.15, -0.1) is 5.10 Å². The summed E-state index contributed by atoms with van der Waals surface area (Å²) in [5.41, 5.74) is 2.96. The van der Waals surface area contributed by atoms with Gasteiger partial charge in [0.25, 0.3) is 0 Å². The minimum absolute atomic E-state index is 0.199. The van der Waals surface area contributed by atoms with Crippen LogP contribution in [-0.4, -0.2) is 25.1 Å². The van der Waals surface area contributed by atoms with E-state index in [0.29, 0.717) is 16.4 Å². The van der Waals surface area contributed by atoms with Crippen LogP contribution in [0, 0.1) is 13.8 Å². The van der Waals surface area contributed by atoms with Gasteiger partial charge in [0.15, 0.2) is 5.65 Å². The number of amides is 1. The fraction of sp³-hybridized carbons (Fsp3) is 0.143. The van der Waals surface area contributed by atoms with E-state index < -0.39 is 5.69 Å². The number of anilines is 1. The number of hydrogen-bond donors (Lipinski definition) is 1. The fourth-order valence-electron chi connectivity index (χ4n) is 3.01. The third-order valence-corrected chi connectivity index (χ3v) is 6.30. The lowest BCUT2D eigenvalue weighted by Crippen LogP contribution is -2.28. The maximum Gasteiger partial charge on any atom is 0.350 e. The van der Waals surface area contributed by atoms with Gasteiger partial charge in [0.2, 0.25) is 5.91 Å². The molecule has 0 atom stereocenters. The van der Waals surface area contributed by atoms with Crippen molar-refractivity contribution in [3.8, 4) is 0 Å². The first-order chi connectivity index (χ1) is 14.4. The van der Waals surface area contributed by atoms with Crippen LogP contribution in [0.1, 0.15) is 11.1 Å². The minimum atomic E-state index is -0.392. The largest absolute Gasteiger partial charge is 0.350 e. The molecule has 4 aromatic rings. The van der Waals surface area contributed by atoms with Crippen molar-refractivity contribution in [2.45, 2.75) is 30.3 Å². The molecular formula is C21H18BrN5O2S. The summed E-state index contributed by atoms with van der Waals surface area (Å²) in [7, 11) is 0. The summed E-state index contributed by atoms with van der Waals surface area (Å²) in [6, 6.07) is 13.4. The van der Waals surface area contributed by atoms with Crippen LogP contribution in [0.2, 0.25) is 0 Å². The van der Waals surface area contributed by atoms with Crippen molar-refractivity contribution in [3.05, 3.63) is 80.9 Å². The van der Waals surface area contributed by atoms with Crippen LogP contribution < -0.4 is 11.0 Å². The first kappa shape index (κ1) is 20.4. The monoisotopic (exact) mass is 483 g/mol. The van der Waals surface area contributed by atoms with Crippen molar-refractivity contribution >= 4 is 44.9 Å². The second-order valence-electron chi connectivity index (χ2n) is 6.77. The van der Waals surface area contributed by atoms with E-state index in [1.165, 1.54) is 21.7 Å². The highest BCUT2D eigenvalue weighted by molar-refractivity contribution is 9.10. The molecule has 9 heteroatoms. The number of rotatable bonds is 5. The van der Waals surface area contributed by atoms with Gasteiger partial charge in [0.1, 0.15) is 11.6 Å². The molecule has 0 aliphatic carbocycles. The van der Waals surface area contributed by atoms with Gasteiger partial charge in [-0.05, 0) is 53.5 Å². The maximum atomic E-state index is 12.7. The van der Waals surface area contributed by atoms with Gasteiger partial charge in [-0.1, -0.05) is 41.6 Å². The van der Waals surface area contributed by atoms with E-state index in [0.717, 1.165) is 19.6 Å². The number of carbonyl (C=O) groups excluding carboxylic acids is 1. The Hall–Kier alpha value is -2.91. The molecule has 0 aliphatic rings. The number of fused-ring (bicyclic) bond motifs is 1.